The lowest BCUT2D eigenvalue weighted by Crippen LogP contribution is -2.12. The minimum atomic E-state index is 0.820. The molecule has 0 atom stereocenters. The zero-order valence-corrected chi connectivity index (χ0v) is 10.3. The van der Waals surface area contributed by atoms with Gasteiger partial charge >= 0.3 is 0 Å². The molecule has 86 valence electrons. The summed E-state index contributed by atoms with van der Waals surface area (Å²) in [6.07, 6.45) is 1.15. The predicted octanol–water partition coefficient (Wildman–Crippen LogP) is 3.55. The van der Waals surface area contributed by atoms with Crippen LogP contribution in [0.5, 0.6) is 0 Å². The molecule has 0 saturated carbocycles. The van der Waals surface area contributed by atoms with Crippen molar-refractivity contribution >= 4 is 11.0 Å². The molecule has 0 aliphatic rings. The van der Waals surface area contributed by atoms with E-state index in [0.717, 1.165) is 30.9 Å². The van der Waals surface area contributed by atoms with Gasteiger partial charge in [0.2, 0.25) is 0 Å². The van der Waals surface area contributed by atoms with E-state index in [1.54, 1.807) is 0 Å². The van der Waals surface area contributed by atoms with Crippen molar-refractivity contribution in [2.45, 2.75) is 33.7 Å². The van der Waals surface area contributed by atoms with Crippen molar-refractivity contribution in [3.8, 4) is 0 Å². The first kappa shape index (κ1) is 11.2. The van der Waals surface area contributed by atoms with Gasteiger partial charge in [0.05, 0.1) is 6.54 Å². The van der Waals surface area contributed by atoms with Crippen LogP contribution < -0.4 is 5.32 Å². The van der Waals surface area contributed by atoms with Gasteiger partial charge in [-0.2, -0.15) is 0 Å². The number of rotatable bonds is 4. The number of hydrogen-bond donors (Lipinski definition) is 1. The van der Waals surface area contributed by atoms with Crippen LogP contribution >= 0.6 is 0 Å². The summed E-state index contributed by atoms with van der Waals surface area (Å²) in [7, 11) is 0. The number of hydrogen-bond acceptors (Lipinski definition) is 2. The van der Waals surface area contributed by atoms with E-state index in [0.29, 0.717) is 0 Å². The molecule has 0 fully saturated rings. The third-order valence-corrected chi connectivity index (χ3v) is 2.98. The lowest BCUT2D eigenvalue weighted by Gasteiger charge is -1.99. The van der Waals surface area contributed by atoms with Crippen molar-refractivity contribution in [1.29, 1.82) is 0 Å². The molecule has 2 heteroatoms. The Bertz CT molecular complexity index is 485. The van der Waals surface area contributed by atoms with Gasteiger partial charge in [0.15, 0.2) is 0 Å². The van der Waals surface area contributed by atoms with Gasteiger partial charge in [-0.25, -0.2) is 0 Å². The molecule has 0 radical (unpaired) electrons. The summed E-state index contributed by atoms with van der Waals surface area (Å²) in [5.74, 6) is 1.03. The van der Waals surface area contributed by atoms with E-state index in [-0.39, 0.29) is 0 Å². The molecule has 1 aromatic carbocycles. The third kappa shape index (κ3) is 2.12. The van der Waals surface area contributed by atoms with E-state index in [1.165, 1.54) is 16.5 Å². The average Bonchev–Trinajstić information content (AvgIpc) is 2.68. The normalized spacial score (nSPS) is 11.2. The Morgan fingerprint density at radius 2 is 2.06 bits per heavy atom. The first-order valence-corrected chi connectivity index (χ1v) is 5.91. The van der Waals surface area contributed by atoms with Crippen LogP contribution in [0.3, 0.4) is 0 Å². The summed E-state index contributed by atoms with van der Waals surface area (Å²) in [5.41, 5.74) is 3.57. The summed E-state index contributed by atoms with van der Waals surface area (Å²) >= 11 is 0. The van der Waals surface area contributed by atoms with Crippen molar-refractivity contribution < 1.29 is 4.42 Å². The van der Waals surface area contributed by atoms with Gasteiger partial charge in [-0.3, -0.25) is 0 Å². The van der Waals surface area contributed by atoms with Crippen molar-refractivity contribution in [3.63, 3.8) is 0 Å². The lowest BCUT2D eigenvalue weighted by molar-refractivity contribution is 0.512. The zero-order valence-electron chi connectivity index (χ0n) is 10.3. The highest BCUT2D eigenvalue weighted by Crippen LogP contribution is 2.24. The number of aryl methyl sites for hydroxylation is 2. The monoisotopic (exact) mass is 217 g/mol. The van der Waals surface area contributed by atoms with Crippen LogP contribution in [0.1, 0.15) is 30.2 Å². The summed E-state index contributed by atoms with van der Waals surface area (Å²) in [6, 6.07) is 6.41. The second-order valence-electron chi connectivity index (χ2n) is 4.32. The van der Waals surface area contributed by atoms with Gasteiger partial charge in [-0.15, -0.1) is 0 Å². The molecule has 0 saturated heterocycles. The van der Waals surface area contributed by atoms with Crippen LogP contribution in [0.2, 0.25) is 0 Å². The number of fused-ring (bicyclic) bond motifs is 1. The molecule has 0 amide bonds. The average molecular weight is 217 g/mol. The molecule has 1 aromatic heterocycles. The van der Waals surface area contributed by atoms with E-state index < -0.39 is 0 Å². The highest BCUT2D eigenvalue weighted by atomic mass is 16.3. The second kappa shape index (κ2) is 4.71. The van der Waals surface area contributed by atoms with E-state index in [2.05, 4.69) is 44.3 Å². The smallest absolute Gasteiger partial charge is 0.137 e. The first-order valence-electron chi connectivity index (χ1n) is 5.91. The molecule has 2 nitrogen and oxygen atoms in total. The van der Waals surface area contributed by atoms with Crippen LogP contribution in [0, 0.1) is 13.8 Å². The Hall–Kier alpha value is -1.28. The fourth-order valence-electron chi connectivity index (χ4n) is 1.87. The van der Waals surface area contributed by atoms with Crippen LogP contribution in [-0.2, 0) is 6.54 Å². The molecule has 0 unspecified atom stereocenters. The van der Waals surface area contributed by atoms with Gasteiger partial charge in [0.1, 0.15) is 11.3 Å². The van der Waals surface area contributed by atoms with E-state index >= 15 is 0 Å². The predicted molar refractivity (Wildman–Crippen MR) is 67.7 cm³/mol. The molecule has 0 aliphatic heterocycles. The zero-order chi connectivity index (χ0) is 11.5. The molecule has 16 heavy (non-hydrogen) atoms. The Kier molecular flexibility index (Phi) is 3.30. The van der Waals surface area contributed by atoms with Gasteiger partial charge in [-0.1, -0.05) is 19.1 Å². The fraction of sp³-hybridized carbons (Fsp3) is 0.429. The van der Waals surface area contributed by atoms with Gasteiger partial charge in [-0.05, 0) is 44.0 Å². The molecule has 0 aliphatic carbocycles. The quantitative estimate of drug-likeness (QED) is 0.792. The van der Waals surface area contributed by atoms with Crippen molar-refractivity contribution in [2.24, 2.45) is 0 Å². The largest absolute Gasteiger partial charge is 0.459 e. The van der Waals surface area contributed by atoms with Gasteiger partial charge in [0.25, 0.3) is 0 Å². The summed E-state index contributed by atoms with van der Waals surface area (Å²) in [4.78, 5) is 0. The molecule has 1 N–H and O–H groups in total. The van der Waals surface area contributed by atoms with E-state index in [4.69, 9.17) is 4.42 Å². The molecule has 2 aromatic rings. The maximum atomic E-state index is 5.86. The van der Waals surface area contributed by atoms with Crippen LogP contribution in [0.25, 0.3) is 11.0 Å². The second-order valence-corrected chi connectivity index (χ2v) is 4.32. The van der Waals surface area contributed by atoms with Crippen LogP contribution in [0.15, 0.2) is 22.6 Å². The van der Waals surface area contributed by atoms with Crippen LogP contribution in [0.4, 0.5) is 0 Å². The molecular weight excluding hydrogens is 198 g/mol. The summed E-state index contributed by atoms with van der Waals surface area (Å²) in [5, 5.41) is 4.56. The standard InChI is InChI=1S/C14H19NO/c1-4-7-15-9-13-8-12-6-5-10(2)11(3)14(12)16-13/h5-6,8,15H,4,7,9H2,1-3H3. The van der Waals surface area contributed by atoms with Gasteiger partial charge < -0.3 is 9.73 Å². The molecule has 2 rings (SSSR count). The summed E-state index contributed by atoms with van der Waals surface area (Å²) in [6.45, 7) is 8.26. The van der Waals surface area contributed by atoms with Crippen molar-refractivity contribution in [3.05, 3.63) is 35.1 Å². The molecule has 1 heterocycles. The van der Waals surface area contributed by atoms with E-state index in [1.807, 2.05) is 0 Å². The van der Waals surface area contributed by atoms with Gasteiger partial charge in [0, 0.05) is 5.39 Å². The highest BCUT2D eigenvalue weighted by molar-refractivity contribution is 5.82. The van der Waals surface area contributed by atoms with Crippen LogP contribution in [-0.4, -0.2) is 6.54 Å². The SMILES string of the molecule is CCCNCc1cc2ccc(C)c(C)c2o1. The number of furan rings is 1. The Morgan fingerprint density at radius 1 is 1.25 bits per heavy atom. The number of benzene rings is 1. The Labute approximate surface area is 96.6 Å². The minimum absolute atomic E-state index is 0.820. The highest BCUT2D eigenvalue weighted by Gasteiger charge is 2.07. The molecular formula is C14H19NO. The Balaban J connectivity index is 2.26. The third-order valence-electron chi connectivity index (χ3n) is 2.98. The topological polar surface area (TPSA) is 25.2 Å². The fourth-order valence-corrected chi connectivity index (χ4v) is 1.87. The van der Waals surface area contributed by atoms with Crippen molar-refractivity contribution in [1.82, 2.24) is 5.32 Å². The van der Waals surface area contributed by atoms with E-state index in [9.17, 15) is 0 Å². The maximum Gasteiger partial charge on any atom is 0.137 e. The minimum Gasteiger partial charge on any atom is -0.459 e. The Morgan fingerprint density at radius 3 is 2.81 bits per heavy atom. The number of nitrogens with one attached hydrogen (secondary N) is 1. The first-order chi connectivity index (χ1) is 7.72. The van der Waals surface area contributed by atoms with Crippen molar-refractivity contribution in [2.75, 3.05) is 6.54 Å². The summed E-state index contributed by atoms with van der Waals surface area (Å²) < 4.78 is 5.86. The maximum absolute atomic E-state index is 5.86. The lowest BCUT2D eigenvalue weighted by atomic mass is 10.1. The molecule has 0 spiro atoms. The molecule has 0 bridgehead atoms.